The predicted molar refractivity (Wildman–Crippen MR) is 65.1 cm³/mol. The number of hydrogen-bond acceptors (Lipinski definition) is 4. The van der Waals surface area contributed by atoms with Gasteiger partial charge in [0, 0.05) is 0 Å². The van der Waals surface area contributed by atoms with Gasteiger partial charge in [-0.1, -0.05) is 6.42 Å². The first-order valence-corrected chi connectivity index (χ1v) is 7.72. The Morgan fingerprint density at radius 2 is 2.06 bits per heavy atom. The minimum Gasteiger partial charge on any atom is -0.377 e. The highest BCUT2D eigenvalue weighted by molar-refractivity contribution is 7.91. The standard InChI is InChI=1S/C11H23NO3S/c1-9(2)16(13,14)7-6-15-11-5-3-4-10(11)8-12/h9-11H,3-8,12H2,1-2H3. The first-order valence-electron chi connectivity index (χ1n) is 6.00. The van der Waals surface area contributed by atoms with Crippen molar-refractivity contribution in [3.63, 3.8) is 0 Å². The van der Waals surface area contributed by atoms with E-state index in [-0.39, 0.29) is 17.1 Å². The molecule has 0 aliphatic heterocycles. The zero-order valence-electron chi connectivity index (χ0n) is 10.2. The first-order chi connectivity index (χ1) is 7.47. The molecule has 2 N–H and O–H groups in total. The third-order valence-corrected chi connectivity index (χ3v) is 5.48. The van der Waals surface area contributed by atoms with Crippen LogP contribution in [0.5, 0.6) is 0 Å². The van der Waals surface area contributed by atoms with Crippen molar-refractivity contribution in [2.24, 2.45) is 11.7 Å². The molecule has 2 atom stereocenters. The van der Waals surface area contributed by atoms with Gasteiger partial charge < -0.3 is 10.5 Å². The maximum absolute atomic E-state index is 11.6. The molecule has 1 aliphatic carbocycles. The fourth-order valence-corrected chi connectivity index (χ4v) is 2.84. The van der Waals surface area contributed by atoms with Crippen molar-refractivity contribution in [1.82, 2.24) is 0 Å². The van der Waals surface area contributed by atoms with Crippen molar-refractivity contribution in [3.05, 3.63) is 0 Å². The van der Waals surface area contributed by atoms with Gasteiger partial charge in [0.15, 0.2) is 9.84 Å². The van der Waals surface area contributed by atoms with Gasteiger partial charge in [-0.05, 0) is 39.2 Å². The van der Waals surface area contributed by atoms with Crippen molar-refractivity contribution in [2.45, 2.75) is 44.5 Å². The Labute approximate surface area is 98.5 Å². The van der Waals surface area contributed by atoms with E-state index in [0.717, 1.165) is 19.3 Å². The summed E-state index contributed by atoms with van der Waals surface area (Å²) < 4.78 is 28.7. The molecular formula is C11H23NO3S. The highest BCUT2D eigenvalue weighted by Crippen LogP contribution is 2.27. The van der Waals surface area contributed by atoms with Gasteiger partial charge in [-0.25, -0.2) is 8.42 Å². The molecule has 0 radical (unpaired) electrons. The van der Waals surface area contributed by atoms with Gasteiger partial charge in [0.25, 0.3) is 0 Å². The average molecular weight is 249 g/mol. The van der Waals surface area contributed by atoms with E-state index in [1.54, 1.807) is 13.8 Å². The van der Waals surface area contributed by atoms with Crippen molar-refractivity contribution in [3.8, 4) is 0 Å². The number of ether oxygens (including phenoxy) is 1. The summed E-state index contributed by atoms with van der Waals surface area (Å²) in [6.07, 6.45) is 3.44. The Morgan fingerprint density at radius 3 is 2.62 bits per heavy atom. The summed E-state index contributed by atoms with van der Waals surface area (Å²) in [4.78, 5) is 0. The predicted octanol–water partition coefficient (Wildman–Crippen LogP) is 0.954. The lowest BCUT2D eigenvalue weighted by Crippen LogP contribution is -2.28. The third kappa shape index (κ3) is 3.71. The number of sulfone groups is 1. The van der Waals surface area contributed by atoms with Crippen molar-refractivity contribution in [2.75, 3.05) is 18.9 Å². The quantitative estimate of drug-likeness (QED) is 0.761. The molecule has 0 saturated heterocycles. The van der Waals surface area contributed by atoms with E-state index in [4.69, 9.17) is 10.5 Å². The topological polar surface area (TPSA) is 69.4 Å². The summed E-state index contributed by atoms with van der Waals surface area (Å²) in [6, 6.07) is 0. The van der Waals surface area contributed by atoms with Crippen molar-refractivity contribution < 1.29 is 13.2 Å². The molecule has 0 bridgehead atoms. The van der Waals surface area contributed by atoms with E-state index >= 15 is 0 Å². The van der Waals surface area contributed by atoms with Crippen LogP contribution in [0.25, 0.3) is 0 Å². The van der Waals surface area contributed by atoms with Crippen LogP contribution in [0.2, 0.25) is 0 Å². The van der Waals surface area contributed by atoms with Gasteiger partial charge >= 0.3 is 0 Å². The Kier molecular flexibility index (Phi) is 5.21. The molecular weight excluding hydrogens is 226 g/mol. The average Bonchev–Trinajstić information content (AvgIpc) is 2.64. The summed E-state index contributed by atoms with van der Waals surface area (Å²) in [5, 5.41) is -0.315. The fourth-order valence-electron chi connectivity index (χ4n) is 2.04. The van der Waals surface area contributed by atoms with Crippen LogP contribution in [-0.2, 0) is 14.6 Å². The second-order valence-electron chi connectivity index (χ2n) is 4.75. The lowest BCUT2D eigenvalue weighted by Gasteiger charge is -2.18. The van der Waals surface area contributed by atoms with E-state index in [9.17, 15) is 8.42 Å². The lowest BCUT2D eigenvalue weighted by molar-refractivity contribution is 0.0398. The van der Waals surface area contributed by atoms with Crippen LogP contribution >= 0.6 is 0 Å². The van der Waals surface area contributed by atoms with Crippen LogP contribution in [0, 0.1) is 5.92 Å². The van der Waals surface area contributed by atoms with Gasteiger partial charge in [0.1, 0.15) is 0 Å². The van der Waals surface area contributed by atoms with E-state index in [1.807, 2.05) is 0 Å². The normalized spacial score (nSPS) is 26.5. The molecule has 0 aromatic carbocycles. The van der Waals surface area contributed by atoms with Crippen LogP contribution < -0.4 is 5.73 Å². The Balaban J connectivity index is 2.30. The molecule has 0 spiro atoms. The van der Waals surface area contributed by atoms with Gasteiger partial charge in [-0.15, -0.1) is 0 Å². The SMILES string of the molecule is CC(C)S(=O)(=O)CCOC1CCCC1CN. The van der Waals surface area contributed by atoms with E-state index in [2.05, 4.69) is 0 Å². The lowest BCUT2D eigenvalue weighted by atomic mass is 10.1. The maximum atomic E-state index is 11.6. The largest absolute Gasteiger partial charge is 0.377 e. The maximum Gasteiger partial charge on any atom is 0.154 e. The van der Waals surface area contributed by atoms with Crippen LogP contribution in [0.3, 0.4) is 0 Å². The molecule has 2 unspecified atom stereocenters. The molecule has 0 aromatic rings. The number of nitrogens with two attached hydrogens (primary N) is 1. The first kappa shape index (κ1) is 13.9. The molecule has 96 valence electrons. The van der Waals surface area contributed by atoms with Crippen LogP contribution in [0.15, 0.2) is 0 Å². The summed E-state index contributed by atoms with van der Waals surface area (Å²) in [5.41, 5.74) is 5.63. The molecule has 0 heterocycles. The minimum absolute atomic E-state index is 0.123. The van der Waals surface area contributed by atoms with Gasteiger partial charge in [0.05, 0.1) is 23.7 Å². The molecule has 0 aromatic heterocycles. The molecule has 0 amide bonds. The van der Waals surface area contributed by atoms with Gasteiger partial charge in [-0.3, -0.25) is 0 Å². The molecule has 16 heavy (non-hydrogen) atoms. The van der Waals surface area contributed by atoms with E-state index in [1.165, 1.54) is 0 Å². The zero-order chi connectivity index (χ0) is 12.2. The van der Waals surface area contributed by atoms with Crippen LogP contribution in [-0.4, -0.2) is 38.7 Å². The minimum atomic E-state index is -2.97. The van der Waals surface area contributed by atoms with Gasteiger partial charge in [0.2, 0.25) is 0 Å². The second kappa shape index (κ2) is 5.98. The van der Waals surface area contributed by atoms with Crippen molar-refractivity contribution >= 4 is 9.84 Å². The van der Waals surface area contributed by atoms with Crippen LogP contribution in [0.1, 0.15) is 33.1 Å². The Bertz CT molecular complexity index is 300. The zero-order valence-corrected chi connectivity index (χ0v) is 11.0. The summed E-state index contributed by atoms with van der Waals surface area (Å²) >= 11 is 0. The monoisotopic (exact) mass is 249 g/mol. The number of rotatable bonds is 6. The van der Waals surface area contributed by atoms with Crippen LogP contribution in [0.4, 0.5) is 0 Å². The molecule has 1 fully saturated rings. The van der Waals surface area contributed by atoms with Crippen molar-refractivity contribution in [1.29, 1.82) is 0 Å². The molecule has 5 heteroatoms. The Morgan fingerprint density at radius 1 is 1.38 bits per heavy atom. The fraction of sp³-hybridized carbons (Fsp3) is 1.00. The number of hydrogen-bond donors (Lipinski definition) is 1. The molecule has 1 saturated carbocycles. The van der Waals surface area contributed by atoms with Gasteiger partial charge in [-0.2, -0.15) is 0 Å². The highest BCUT2D eigenvalue weighted by atomic mass is 32.2. The van der Waals surface area contributed by atoms with E-state index < -0.39 is 9.84 Å². The molecule has 1 aliphatic rings. The van der Waals surface area contributed by atoms with E-state index in [0.29, 0.717) is 19.1 Å². The second-order valence-corrected chi connectivity index (χ2v) is 7.43. The third-order valence-electron chi connectivity index (χ3n) is 3.31. The summed E-state index contributed by atoms with van der Waals surface area (Å²) in [6.45, 7) is 4.35. The molecule has 4 nitrogen and oxygen atoms in total. The molecule has 1 rings (SSSR count). The summed E-state index contributed by atoms with van der Waals surface area (Å²) in [5.74, 6) is 0.542. The summed E-state index contributed by atoms with van der Waals surface area (Å²) in [7, 11) is -2.97. The highest BCUT2D eigenvalue weighted by Gasteiger charge is 2.27. The smallest absolute Gasteiger partial charge is 0.154 e. The Hall–Kier alpha value is -0.130.